The summed E-state index contributed by atoms with van der Waals surface area (Å²) in [6.07, 6.45) is 15.1. The van der Waals surface area contributed by atoms with Crippen LogP contribution in [0.1, 0.15) is 104 Å². The summed E-state index contributed by atoms with van der Waals surface area (Å²) in [5.41, 5.74) is 0. The van der Waals surface area contributed by atoms with Crippen LogP contribution in [0.5, 0.6) is 0 Å². The van der Waals surface area contributed by atoms with Gasteiger partial charge in [0.1, 0.15) is 0 Å². The first-order chi connectivity index (χ1) is 9.63. The molecule has 3 heteroatoms. The highest BCUT2D eigenvalue weighted by atomic mass is 31.2. The zero-order valence-electron chi connectivity index (χ0n) is 14.0. The molecule has 0 heterocycles. The first-order valence-corrected chi connectivity index (χ1v) is 10.1. The number of hydrogen-bond acceptors (Lipinski definition) is 2. The van der Waals surface area contributed by atoms with E-state index in [0.29, 0.717) is 0 Å². The van der Waals surface area contributed by atoms with Crippen LogP contribution in [0.15, 0.2) is 0 Å². The maximum atomic E-state index is 10.0. The molecule has 0 fully saturated rings. The smallest absolute Gasteiger partial charge is 0.171 e. The van der Waals surface area contributed by atoms with Crippen LogP contribution >= 0.6 is 8.38 Å². The molecule has 0 aromatic heterocycles. The second-order valence-electron chi connectivity index (χ2n) is 6.24. The van der Waals surface area contributed by atoms with Crippen molar-refractivity contribution in [2.75, 3.05) is 0 Å². The lowest BCUT2D eigenvalue weighted by Gasteiger charge is -2.35. The summed E-state index contributed by atoms with van der Waals surface area (Å²) in [4.78, 5) is 20.1. The summed E-state index contributed by atoms with van der Waals surface area (Å²) >= 11 is 0. The van der Waals surface area contributed by atoms with Crippen molar-refractivity contribution in [3.63, 3.8) is 0 Å². The standard InChI is InChI=1S/C17H37O2P/c1-4-7-10-13-16-17(20(18)19,14-11-8-5-2)15-12-9-6-3/h18-19H,4-16H2,1-3H3. The van der Waals surface area contributed by atoms with Crippen LogP contribution in [0.2, 0.25) is 0 Å². The van der Waals surface area contributed by atoms with Crippen molar-refractivity contribution in [2.45, 2.75) is 109 Å². The van der Waals surface area contributed by atoms with Gasteiger partial charge in [0.2, 0.25) is 0 Å². The summed E-state index contributed by atoms with van der Waals surface area (Å²) in [5, 5.41) is -0.173. The summed E-state index contributed by atoms with van der Waals surface area (Å²) in [6, 6.07) is 0. The van der Waals surface area contributed by atoms with Crippen molar-refractivity contribution in [1.82, 2.24) is 0 Å². The van der Waals surface area contributed by atoms with Crippen LogP contribution in [0.3, 0.4) is 0 Å². The van der Waals surface area contributed by atoms with E-state index in [1.165, 1.54) is 44.9 Å². The SMILES string of the molecule is CCCCCCC(CCCCC)(CCCCC)P(O)O. The van der Waals surface area contributed by atoms with E-state index < -0.39 is 8.38 Å². The van der Waals surface area contributed by atoms with Crippen molar-refractivity contribution < 1.29 is 9.79 Å². The van der Waals surface area contributed by atoms with Gasteiger partial charge in [-0.05, 0) is 19.3 Å². The van der Waals surface area contributed by atoms with E-state index in [1.54, 1.807) is 0 Å². The van der Waals surface area contributed by atoms with Crippen molar-refractivity contribution in [2.24, 2.45) is 0 Å². The molecular weight excluding hydrogens is 267 g/mol. The van der Waals surface area contributed by atoms with Crippen LogP contribution in [-0.4, -0.2) is 14.9 Å². The van der Waals surface area contributed by atoms with Gasteiger partial charge in [-0.15, -0.1) is 0 Å². The minimum Gasteiger partial charge on any atom is -0.350 e. The third kappa shape index (κ3) is 8.60. The third-order valence-corrected chi connectivity index (χ3v) is 5.93. The van der Waals surface area contributed by atoms with Crippen molar-refractivity contribution >= 4 is 8.38 Å². The molecule has 0 aromatic rings. The maximum Gasteiger partial charge on any atom is 0.171 e. The minimum atomic E-state index is -1.80. The molecule has 0 saturated heterocycles. The van der Waals surface area contributed by atoms with Gasteiger partial charge in [0, 0.05) is 5.16 Å². The Morgan fingerprint density at radius 3 is 1.30 bits per heavy atom. The molecule has 0 aromatic carbocycles. The zero-order chi connectivity index (χ0) is 15.3. The van der Waals surface area contributed by atoms with E-state index in [-0.39, 0.29) is 5.16 Å². The molecule has 122 valence electrons. The monoisotopic (exact) mass is 304 g/mol. The fourth-order valence-corrected chi connectivity index (χ4v) is 4.04. The van der Waals surface area contributed by atoms with Crippen molar-refractivity contribution in [1.29, 1.82) is 0 Å². The van der Waals surface area contributed by atoms with Crippen LogP contribution in [0.4, 0.5) is 0 Å². The molecular formula is C17H37O2P. The molecule has 0 aliphatic rings. The van der Waals surface area contributed by atoms with Gasteiger partial charge in [-0.25, -0.2) is 0 Å². The Morgan fingerprint density at radius 1 is 0.600 bits per heavy atom. The van der Waals surface area contributed by atoms with Gasteiger partial charge in [0.05, 0.1) is 0 Å². The Balaban J connectivity index is 4.46. The van der Waals surface area contributed by atoms with E-state index >= 15 is 0 Å². The molecule has 0 aliphatic heterocycles. The fraction of sp³-hybridized carbons (Fsp3) is 1.00. The van der Waals surface area contributed by atoms with Gasteiger partial charge in [-0.3, -0.25) is 0 Å². The third-order valence-electron chi connectivity index (χ3n) is 4.41. The molecule has 0 radical (unpaired) electrons. The molecule has 2 N–H and O–H groups in total. The zero-order valence-corrected chi connectivity index (χ0v) is 14.9. The van der Waals surface area contributed by atoms with E-state index in [0.717, 1.165) is 38.5 Å². The predicted molar refractivity (Wildman–Crippen MR) is 91.1 cm³/mol. The molecule has 0 bridgehead atoms. The van der Waals surface area contributed by atoms with Crippen LogP contribution in [0.25, 0.3) is 0 Å². The molecule has 2 nitrogen and oxygen atoms in total. The van der Waals surface area contributed by atoms with Gasteiger partial charge in [-0.2, -0.15) is 0 Å². The van der Waals surface area contributed by atoms with Crippen molar-refractivity contribution in [3.8, 4) is 0 Å². The number of hydrogen-bond donors (Lipinski definition) is 2. The highest BCUT2D eigenvalue weighted by Crippen LogP contribution is 2.52. The van der Waals surface area contributed by atoms with E-state index in [9.17, 15) is 9.79 Å². The quantitative estimate of drug-likeness (QED) is 0.298. The number of unbranched alkanes of at least 4 members (excludes halogenated alkanes) is 7. The Bertz CT molecular complexity index is 197. The van der Waals surface area contributed by atoms with E-state index in [2.05, 4.69) is 20.8 Å². The largest absolute Gasteiger partial charge is 0.350 e. The highest BCUT2D eigenvalue weighted by molar-refractivity contribution is 7.47. The summed E-state index contributed by atoms with van der Waals surface area (Å²) < 4.78 is 0. The molecule has 0 saturated carbocycles. The second kappa shape index (κ2) is 13.0. The molecule has 0 atom stereocenters. The van der Waals surface area contributed by atoms with E-state index in [1.807, 2.05) is 0 Å². The molecule has 0 spiro atoms. The first kappa shape index (κ1) is 20.3. The Morgan fingerprint density at radius 2 is 0.950 bits per heavy atom. The Hall–Kier alpha value is 0.350. The van der Waals surface area contributed by atoms with Crippen LogP contribution in [-0.2, 0) is 0 Å². The normalized spacial score (nSPS) is 12.3. The van der Waals surface area contributed by atoms with Crippen LogP contribution in [0, 0.1) is 0 Å². The molecule has 0 amide bonds. The summed E-state index contributed by atoms with van der Waals surface area (Å²) in [7, 11) is -1.80. The number of rotatable bonds is 14. The second-order valence-corrected chi connectivity index (χ2v) is 7.77. The van der Waals surface area contributed by atoms with E-state index in [4.69, 9.17) is 0 Å². The molecule has 20 heavy (non-hydrogen) atoms. The summed E-state index contributed by atoms with van der Waals surface area (Å²) in [5.74, 6) is 0. The molecule has 0 rings (SSSR count). The average molecular weight is 304 g/mol. The first-order valence-electron chi connectivity index (χ1n) is 8.81. The van der Waals surface area contributed by atoms with Gasteiger partial charge in [-0.1, -0.05) is 85.0 Å². The van der Waals surface area contributed by atoms with Gasteiger partial charge in [0.25, 0.3) is 0 Å². The van der Waals surface area contributed by atoms with Gasteiger partial charge in [0.15, 0.2) is 8.38 Å². The van der Waals surface area contributed by atoms with Gasteiger partial charge >= 0.3 is 0 Å². The lowest BCUT2D eigenvalue weighted by molar-refractivity contribution is 0.339. The summed E-state index contributed by atoms with van der Waals surface area (Å²) in [6.45, 7) is 6.64. The Kier molecular flexibility index (Phi) is 13.3. The highest BCUT2D eigenvalue weighted by Gasteiger charge is 2.36. The lowest BCUT2D eigenvalue weighted by Crippen LogP contribution is -2.27. The minimum absolute atomic E-state index is 0.173. The topological polar surface area (TPSA) is 40.5 Å². The van der Waals surface area contributed by atoms with Crippen molar-refractivity contribution in [3.05, 3.63) is 0 Å². The fourth-order valence-electron chi connectivity index (χ4n) is 2.96. The molecule has 0 unspecified atom stereocenters. The lowest BCUT2D eigenvalue weighted by atomic mass is 9.89. The maximum absolute atomic E-state index is 10.0. The van der Waals surface area contributed by atoms with Crippen LogP contribution < -0.4 is 0 Å². The van der Waals surface area contributed by atoms with Gasteiger partial charge < -0.3 is 9.79 Å². The molecule has 0 aliphatic carbocycles. The average Bonchev–Trinajstić information content (AvgIpc) is 2.43. The Labute approximate surface area is 128 Å². The predicted octanol–water partition coefficient (Wildman–Crippen LogP) is 6.15.